The summed E-state index contributed by atoms with van der Waals surface area (Å²) in [7, 11) is 1.69. The zero-order chi connectivity index (χ0) is 24.6. The summed E-state index contributed by atoms with van der Waals surface area (Å²) in [6.45, 7) is 2.00. The van der Waals surface area contributed by atoms with E-state index in [9.17, 15) is 9.59 Å². The van der Waals surface area contributed by atoms with E-state index in [-0.39, 0.29) is 24.0 Å². The lowest BCUT2D eigenvalue weighted by Crippen LogP contribution is -2.49. The second-order valence-corrected chi connectivity index (χ2v) is 8.96. The SMILES string of the molecule is C[C@H]1C/C=C/C[C@@H](c2ccccc2)NC(=O)[C@H](Cc2ccccc2)N(C)C(=O)c2ccccc2O1. The number of fused-ring (bicyclic) bond motifs is 1. The maximum atomic E-state index is 13.7. The molecule has 0 spiro atoms. The van der Waals surface area contributed by atoms with Gasteiger partial charge in [-0.1, -0.05) is 84.9 Å². The molecule has 3 atom stereocenters. The van der Waals surface area contributed by atoms with Crippen LogP contribution >= 0.6 is 0 Å². The van der Waals surface area contributed by atoms with Gasteiger partial charge in [0.1, 0.15) is 11.8 Å². The molecule has 0 aliphatic carbocycles. The number of para-hydroxylation sites is 1. The first-order valence-electron chi connectivity index (χ1n) is 12.1. The molecule has 5 nitrogen and oxygen atoms in total. The summed E-state index contributed by atoms with van der Waals surface area (Å²) in [6, 6.07) is 26.1. The molecule has 0 unspecified atom stereocenters. The molecule has 0 fully saturated rings. The molecular formula is C30H32N2O3. The van der Waals surface area contributed by atoms with Crippen molar-refractivity contribution in [1.29, 1.82) is 0 Å². The molecule has 0 saturated heterocycles. The summed E-state index contributed by atoms with van der Waals surface area (Å²) < 4.78 is 6.15. The minimum absolute atomic E-state index is 0.0988. The van der Waals surface area contributed by atoms with Crippen LogP contribution in [0.2, 0.25) is 0 Å². The number of hydrogen-bond donors (Lipinski definition) is 1. The third kappa shape index (κ3) is 6.18. The summed E-state index contributed by atoms with van der Waals surface area (Å²) in [5, 5.41) is 3.23. The first-order chi connectivity index (χ1) is 17.0. The first kappa shape index (κ1) is 24.3. The lowest BCUT2D eigenvalue weighted by molar-refractivity contribution is -0.126. The van der Waals surface area contributed by atoms with E-state index in [1.165, 1.54) is 0 Å². The number of ether oxygens (including phenoxy) is 1. The minimum atomic E-state index is -0.687. The van der Waals surface area contributed by atoms with Gasteiger partial charge < -0.3 is 15.0 Å². The molecule has 0 saturated carbocycles. The van der Waals surface area contributed by atoms with Crippen molar-refractivity contribution in [3.63, 3.8) is 0 Å². The molecule has 3 aromatic rings. The Hall–Kier alpha value is -3.86. The maximum Gasteiger partial charge on any atom is 0.258 e. The van der Waals surface area contributed by atoms with Crippen molar-refractivity contribution in [2.24, 2.45) is 0 Å². The van der Waals surface area contributed by atoms with Gasteiger partial charge in [0.2, 0.25) is 5.91 Å². The lowest BCUT2D eigenvalue weighted by Gasteiger charge is -2.30. The molecule has 0 aromatic heterocycles. The van der Waals surface area contributed by atoms with Gasteiger partial charge in [-0.15, -0.1) is 0 Å². The molecule has 5 heteroatoms. The van der Waals surface area contributed by atoms with Crippen molar-refractivity contribution in [3.8, 4) is 5.75 Å². The number of amides is 2. The van der Waals surface area contributed by atoms with Crippen LogP contribution in [-0.2, 0) is 11.2 Å². The van der Waals surface area contributed by atoms with Crippen LogP contribution in [0.25, 0.3) is 0 Å². The van der Waals surface area contributed by atoms with Gasteiger partial charge in [-0.3, -0.25) is 9.59 Å². The van der Waals surface area contributed by atoms with Gasteiger partial charge in [0.15, 0.2) is 0 Å². The predicted octanol–water partition coefficient (Wildman–Crippen LogP) is 5.34. The highest BCUT2D eigenvalue weighted by atomic mass is 16.5. The van der Waals surface area contributed by atoms with Crippen LogP contribution in [0.4, 0.5) is 0 Å². The summed E-state index contributed by atoms with van der Waals surface area (Å²) >= 11 is 0. The van der Waals surface area contributed by atoms with Crippen molar-refractivity contribution in [2.45, 2.75) is 44.4 Å². The number of carbonyl (C=O) groups excluding carboxylic acids is 2. The Labute approximate surface area is 207 Å². The number of carbonyl (C=O) groups is 2. The smallest absolute Gasteiger partial charge is 0.258 e. The average Bonchev–Trinajstić information content (AvgIpc) is 2.89. The fourth-order valence-electron chi connectivity index (χ4n) is 4.34. The van der Waals surface area contributed by atoms with Crippen molar-refractivity contribution in [3.05, 3.63) is 114 Å². The van der Waals surface area contributed by atoms with E-state index in [0.717, 1.165) is 11.1 Å². The third-order valence-electron chi connectivity index (χ3n) is 6.33. The Kier molecular flexibility index (Phi) is 7.99. The summed E-state index contributed by atoms with van der Waals surface area (Å²) in [5.41, 5.74) is 2.47. The number of hydrogen-bond acceptors (Lipinski definition) is 3. The molecule has 0 radical (unpaired) electrons. The van der Waals surface area contributed by atoms with Crippen LogP contribution in [0, 0.1) is 0 Å². The summed E-state index contributed by atoms with van der Waals surface area (Å²) in [5.74, 6) is 0.104. The molecule has 1 aliphatic rings. The molecule has 4 rings (SSSR count). The molecule has 35 heavy (non-hydrogen) atoms. The monoisotopic (exact) mass is 468 g/mol. The number of nitrogens with one attached hydrogen (secondary N) is 1. The maximum absolute atomic E-state index is 13.7. The largest absolute Gasteiger partial charge is 0.490 e. The van der Waals surface area contributed by atoms with E-state index in [2.05, 4.69) is 17.5 Å². The number of benzene rings is 3. The van der Waals surface area contributed by atoms with E-state index in [0.29, 0.717) is 30.6 Å². The van der Waals surface area contributed by atoms with E-state index >= 15 is 0 Å². The van der Waals surface area contributed by atoms with E-state index < -0.39 is 6.04 Å². The van der Waals surface area contributed by atoms with Crippen molar-refractivity contribution < 1.29 is 14.3 Å². The average molecular weight is 469 g/mol. The molecule has 1 aliphatic heterocycles. The van der Waals surface area contributed by atoms with Crippen LogP contribution in [0.1, 0.15) is 47.3 Å². The highest BCUT2D eigenvalue weighted by Gasteiger charge is 2.31. The highest BCUT2D eigenvalue weighted by molar-refractivity contribution is 5.99. The molecule has 0 bridgehead atoms. The molecule has 1 heterocycles. The molecular weight excluding hydrogens is 436 g/mol. The minimum Gasteiger partial charge on any atom is -0.490 e. The van der Waals surface area contributed by atoms with Gasteiger partial charge in [0.25, 0.3) is 5.91 Å². The fraction of sp³-hybridized carbons (Fsp3) is 0.267. The Morgan fingerprint density at radius 2 is 1.49 bits per heavy atom. The zero-order valence-corrected chi connectivity index (χ0v) is 20.3. The topological polar surface area (TPSA) is 58.6 Å². The van der Waals surface area contributed by atoms with Crippen LogP contribution in [0.3, 0.4) is 0 Å². The van der Waals surface area contributed by atoms with Gasteiger partial charge in [0.05, 0.1) is 17.7 Å². The third-order valence-corrected chi connectivity index (χ3v) is 6.33. The molecule has 3 aromatic carbocycles. The van der Waals surface area contributed by atoms with E-state index in [1.54, 1.807) is 18.0 Å². The summed E-state index contributed by atoms with van der Waals surface area (Å²) in [4.78, 5) is 28.9. The van der Waals surface area contributed by atoms with Crippen molar-refractivity contribution in [2.75, 3.05) is 7.05 Å². The van der Waals surface area contributed by atoms with Crippen LogP contribution < -0.4 is 10.1 Å². The number of nitrogens with zero attached hydrogens (tertiary/aromatic N) is 1. The lowest BCUT2D eigenvalue weighted by atomic mass is 9.99. The normalized spacial score (nSPS) is 22.3. The number of likely N-dealkylation sites (N-methyl/N-ethyl adjacent to an activating group) is 1. The van der Waals surface area contributed by atoms with E-state index in [4.69, 9.17) is 4.74 Å². The van der Waals surface area contributed by atoms with Crippen molar-refractivity contribution >= 4 is 11.8 Å². The highest BCUT2D eigenvalue weighted by Crippen LogP contribution is 2.25. The van der Waals surface area contributed by atoms with Gasteiger partial charge in [-0.25, -0.2) is 0 Å². The Morgan fingerprint density at radius 3 is 2.23 bits per heavy atom. The Morgan fingerprint density at radius 1 is 0.857 bits per heavy atom. The molecule has 2 amide bonds. The zero-order valence-electron chi connectivity index (χ0n) is 20.3. The quantitative estimate of drug-likeness (QED) is 0.528. The fourth-order valence-corrected chi connectivity index (χ4v) is 4.34. The van der Waals surface area contributed by atoms with Crippen LogP contribution in [0.5, 0.6) is 5.75 Å². The van der Waals surface area contributed by atoms with Crippen LogP contribution in [0.15, 0.2) is 97.1 Å². The first-order valence-corrected chi connectivity index (χ1v) is 12.1. The molecule has 1 N–H and O–H groups in total. The standard InChI is InChI=1S/C30H32N2O3/c1-22-13-9-11-19-26(24-16-7-4-8-17-24)31-29(33)27(21-23-14-5-3-6-15-23)32(2)30(34)25-18-10-12-20-28(25)35-22/h3-12,14-18,20,22,26-27H,13,19,21H2,1-2H3,(H,31,33)/b11-9+/t22-,26-,27-/m0/s1. The van der Waals surface area contributed by atoms with Gasteiger partial charge in [0, 0.05) is 19.9 Å². The Balaban J connectivity index is 1.73. The number of rotatable bonds is 3. The summed E-state index contributed by atoms with van der Waals surface area (Å²) in [6.07, 6.45) is 5.83. The second-order valence-electron chi connectivity index (χ2n) is 8.96. The van der Waals surface area contributed by atoms with E-state index in [1.807, 2.05) is 85.8 Å². The second kappa shape index (κ2) is 11.5. The van der Waals surface area contributed by atoms with Crippen molar-refractivity contribution in [1.82, 2.24) is 10.2 Å². The predicted molar refractivity (Wildman–Crippen MR) is 138 cm³/mol. The van der Waals surface area contributed by atoms with Crippen LogP contribution in [-0.4, -0.2) is 35.9 Å². The molecule has 180 valence electrons. The van der Waals surface area contributed by atoms with Gasteiger partial charge >= 0.3 is 0 Å². The Bertz CT molecular complexity index is 1160. The van der Waals surface area contributed by atoms with Gasteiger partial charge in [-0.05, 0) is 36.6 Å². The van der Waals surface area contributed by atoms with Gasteiger partial charge in [-0.2, -0.15) is 0 Å².